The minimum absolute atomic E-state index is 0.250. The van der Waals surface area contributed by atoms with Gasteiger partial charge in [0.1, 0.15) is 24.9 Å². The molecular formula is C21H26N3O4+. The molecule has 0 bridgehead atoms. The zero-order valence-corrected chi connectivity index (χ0v) is 16.4. The lowest BCUT2D eigenvalue weighted by Gasteiger charge is -2.28. The first-order chi connectivity index (χ1) is 13.5. The van der Waals surface area contributed by atoms with Crippen molar-refractivity contribution in [2.24, 2.45) is 0 Å². The van der Waals surface area contributed by atoms with Gasteiger partial charge >= 0.3 is 12.0 Å². The van der Waals surface area contributed by atoms with Crippen molar-refractivity contribution in [1.82, 2.24) is 10.6 Å². The number of rotatable bonds is 7. The standard InChI is InChI=1S/C21H25N3O4/c1-4-27-20(25)18-16(13-24(3)12-15-9-6-5-8-14(15)2)22-21(26)23-19(18)17-10-7-11-28-17/h5-11,19H,4,12-13H2,1-3H3,(H2,22,23,26)/p+1/t19-/m0/s1. The normalized spacial score (nSPS) is 17.7. The quantitative estimate of drug-likeness (QED) is 0.631. The van der Waals surface area contributed by atoms with Crippen molar-refractivity contribution in [3.8, 4) is 0 Å². The van der Waals surface area contributed by atoms with Gasteiger partial charge in [-0.15, -0.1) is 0 Å². The van der Waals surface area contributed by atoms with E-state index in [0.717, 1.165) is 11.4 Å². The number of benzene rings is 1. The van der Waals surface area contributed by atoms with E-state index < -0.39 is 12.0 Å². The van der Waals surface area contributed by atoms with E-state index in [-0.39, 0.29) is 12.6 Å². The first-order valence-corrected chi connectivity index (χ1v) is 9.36. The first-order valence-electron chi connectivity index (χ1n) is 9.36. The Kier molecular flexibility index (Phi) is 6.16. The minimum Gasteiger partial charge on any atom is -0.467 e. The predicted octanol–water partition coefficient (Wildman–Crippen LogP) is 1.47. The number of nitrogens with one attached hydrogen (secondary N) is 3. The fourth-order valence-corrected chi connectivity index (χ4v) is 3.37. The number of amides is 2. The van der Waals surface area contributed by atoms with Gasteiger partial charge in [-0.05, 0) is 31.5 Å². The molecule has 7 nitrogen and oxygen atoms in total. The number of furan rings is 1. The summed E-state index contributed by atoms with van der Waals surface area (Å²) in [4.78, 5) is 26.1. The Bertz CT molecular complexity index is 874. The van der Waals surface area contributed by atoms with Crippen LogP contribution in [0.2, 0.25) is 0 Å². The van der Waals surface area contributed by atoms with Crippen molar-refractivity contribution >= 4 is 12.0 Å². The van der Waals surface area contributed by atoms with Crippen LogP contribution in [0.15, 0.2) is 58.3 Å². The van der Waals surface area contributed by atoms with E-state index >= 15 is 0 Å². The van der Waals surface area contributed by atoms with E-state index in [2.05, 4.69) is 29.7 Å². The molecule has 7 heteroatoms. The first kappa shape index (κ1) is 19.7. The summed E-state index contributed by atoms with van der Waals surface area (Å²) in [5.74, 6) is 0.0297. The van der Waals surface area contributed by atoms with Crippen molar-refractivity contribution in [2.45, 2.75) is 26.4 Å². The monoisotopic (exact) mass is 384 g/mol. The molecule has 2 heterocycles. The molecule has 1 aromatic heterocycles. The number of urea groups is 1. The lowest BCUT2D eigenvalue weighted by atomic mass is 9.99. The van der Waals surface area contributed by atoms with Gasteiger partial charge in [0.15, 0.2) is 0 Å². The van der Waals surface area contributed by atoms with Crippen LogP contribution in [0.3, 0.4) is 0 Å². The van der Waals surface area contributed by atoms with Gasteiger partial charge < -0.3 is 24.7 Å². The number of hydrogen-bond donors (Lipinski definition) is 3. The number of carbonyl (C=O) groups excluding carboxylic acids is 2. The van der Waals surface area contributed by atoms with Crippen LogP contribution in [0.4, 0.5) is 4.79 Å². The van der Waals surface area contributed by atoms with Crippen LogP contribution in [0, 0.1) is 6.92 Å². The number of carbonyl (C=O) groups is 2. The molecule has 28 heavy (non-hydrogen) atoms. The molecule has 148 valence electrons. The van der Waals surface area contributed by atoms with E-state index in [0.29, 0.717) is 23.6 Å². The summed E-state index contributed by atoms with van der Waals surface area (Å²) >= 11 is 0. The number of aryl methyl sites for hydroxylation is 1. The summed E-state index contributed by atoms with van der Waals surface area (Å²) in [6.07, 6.45) is 1.52. The summed E-state index contributed by atoms with van der Waals surface area (Å²) in [5, 5.41) is 5.55. The van der Waals surface area contributed by atoms with Crippen molar-refractivity contribution < 1.29 is 23.6 Å². The maximum absolute atomic E-state index is 12.7. The number of quaternary nitrogens is 1. The van der Waals surface area contributed by atoms with Crippen molar-refractivity contribution in [2.75, 3.05) is 20.2 Å². The summed E-state index contributed by atoms with van der Waals surface area (Å²) < 4.78 is 10.7. The van der Waals surface area contributed by atoms with Gasteiger partial charge in [-0.1, -0.05) is 24.3 Å². The second-order valence-electron chi connectivity index (χ2n) is 6.90. The summed E-state index contributed by atoms with van der Waals surface area (Å²) in [7, 11) is 2.03. The smallest absolute Gasteiger partial charge is 0.338 e. The van der Waals surface area contributed by atoms with Crippen LogP contribution in [0.25, 0.3) is 0 Å². The highest BCUT2D eigenvalue weighted by atomic mass is 16.5. The summed E-state index contributed by atoms with van der Waals surface area (Å²) in [6.45, 7) is 5.31. The van der Waals surface area contributed by atoms with Crippen LogP contribution < -0.4 is 15.5 Å². The molecule has 1 aliphatic rings. The largest absolute Gasteiger partial charge is 0.467 e. The predicted molar refractivity (Wildman–Crippen MR) is 103 cm³/mol. The highest BCUT2D eigenvalue weighted by Crippen LogP contribution is 2.27. The Hall–Kier alpha value is -3.06. The second-order valence-corrected chi connectivity index (χ2v) is 6.90. The topological polar surface area (TPSA) is 85.0 Å². The molecule has 0 saturated carbocycles. The Morgan fingerprint density at radius 1 is 1.21 bits per heavy atom. The molecule has 0 spiro atoms. The van der Waals surface area contributed by atoms with Gasteiger partial charge in [0.05, 0.1) is 31.2 Å². The third-order valence-corrected chi connectivity index (χ3v) is 4.71. The van der Waals surface area contributed by atoms with Crippen LogP contribution in [-0.2, 0) is 16.1 Å². The molecule has 0 saturated heterocycles. The van der Waals surface area contributed by atoms with Gasteiger partial charge in [-0.2, -0.15) is 0 Å². The van der Waals surface area contributed by atoms with Crippen LogP contribution in [0.5, 0.6) is 0 Å². The van der Waals surface area contributed by atoms with Gasteiger partial charge in [-0.3, -0.25) is 0 Å². The average molecular weight is 384 g/mol. The number of hydrogen-bond acceptors (Lipinski definition) is 4. The maximum Gasteiger partial charge on any atom is 0.338 e. The summed E-state index contributed by atoms with van der Waals surface area (Å²) in [5.41, 5.74) is 3.36. The SMILES string of the molecule is CCOC(=O)C1=C(C[NH+](C)Cc2ccccc2C)NC(=O)N[C@H]1c1ccco1. The molecule has 0 fully saturated rings. The van der Waals surface area contributed by atoms with Crippen molar-refractivity contribution in [3.63, 3.8) is 0 Å². The molecule has 0 radical (unpaired) electrons. The van der Waals surface area contributed by atoms with Crippen LogP contribution in [-0.4, -0.2) is 32.2 Å². The zero-order valence-electron chi connectivity index (χ0n) is 16.4. The Morgan fingerprint density at radius 3 is 2.68 bits per heavy atom. The molecule has 1 aliphatic heterocycles. The van der Waals surface area contributed by atoms with E-state index in [4.69, 9.17) is 9.15 Å². The molecule has 1 unspecified atom stereocenters. The lowest BCUT2D eigenvalue weighted by Crippen LogP contribution is -3.08. The minimum atomic E-state index is -0.677. The second kappa shape index (κ2) is 8.75. The molecule has 2 atom stereocenters. The average Bonchev–Trinajstić information content (AvgIpc) is 3.18. The van der Waals surface area contributed by atoms with Crippen molar-refractivity contribution in [1.29, 1.82) is 0 Å². The molecule has 3 N–H and O–H groups in total. The number of esters is 1. The number of ether oxygens (including phenoxy) is 1. The van der Waals surface area contributed by atoms with E-state index in [1.54, 1.807) is 19.1 Å². The third-order valence-electron chi connectivity index (χ3n) is 4.71. The van der Waals surface area contributed by atoms with Gasteiger partial charge in [0.2, 0.25) is 0 Å². The highest BCUT2D eigenvalue weighted by molar-refractivity contribution is 5.95. The van der Waals surface area contributed by atoms with E-state index in [1.807, 2.05) is 19.2 Å². The van der Waals surface area contributed by atoms with E-state index in [9.17, 15) is 9.59 Å². The molecule has 1 aromatic carbocycles. The van der Waals surface area contributed by atoms with Crippen molar-refractivity contribution in [3.05, 3.63) is 70.8 Å². The maximum atomic E-state index is 12.7. The highest BCUT2D eigenvalue weighted by Gasteiger charge is 2.36. The molecular weight excluding hydrogens is 358 g/mol. The molecule has 2 amide bonds. The van der Waals surface area contributed by atoms with Gasteiger partial charge in [0, 0.05) is 5.56 Å². The fourth-order valence-electron chi connectivity index (χ4n) is 3.37. The zero-order chi connectivity index (χ0) is 20.1. The van der Waals surface area contributed by atoms with Gasteiger partial charge in [0.25, 0.3) is 0 Å². The molecule has 2 aromatic rings. The van der Waals surface area contributed by atoms with E-state index in [1.165, 1.54) is 17.4 Å². The van der Waals surface area contributed by atoms with Crippen LogP contribution >= 0.6 is 0 Å². The molecule has 3 rings (SSSR count). The fraction of sp³-hybridized carbons (Fsp3) is 0.333. The molecule has 0 aliphatic carbocycles. The lowest BCUT2D eigenvalue weighted by molar-refractivity contribution is -0.889. The Labute approximate surface area is 164 Å². The van der Waals surface area contributed by atoms with Gasteiger partial charge in [-0.25, -0.2) is 9.59 Å². The van der Waals surface area contributed by atoms with Crippen LogP contribution in [0.1, 0.15) is 29.9 Å². The summed E-state index contributed by atoms with van der Waals surface area (Å²) in [6, 6.07) is 10.6. The Balaban J connectivity index is 1.90. The number of likely N-dealkylation sites (N-methyl/N-ethyl adjacent to an activating group) is 1. The Morgan fingerprint density at radius 2 is 2.00 bits per heavy atom. The third kappa shape index (κ3) is 4.43.